The second-order valence-electron chi connectivity index (χ2n) is 6.37. The first-order valence-corrected chi connectivity index (χ1v) is 10.0. The summed E-state index contributed by atoms with van der Waals surface area (Å²) in [5.74, 6) is 1.14. The van der Waals surface area contributed by atoms with Gasteiger partial charge in [-0.15, -0.1) is 32.9 Å². The number of ether oxygens (including phenoxy) is 1. The highest BCUT2D eigenvalue weighted by Crippen LogP contribution is 2.34. The molecule has 0 amide bonds. The van der Waals surface area contributed by atoms with Crippen molar-refractivity contribution in [2.45, 2.75) is 39.2 Å². The highest BCUT2D eigenvalue weighted by atomic mass is 32.1. The summed E-state index contributed by atoms with van der Waals surface area (Å²) in [6.45, 7) is 4.01. The van der Waals surface area contributed by atoms with E-state index in [0.29, 0.717) is 23.3 Å². The molecular weight excluding hydrogens is 356 g/mol. The van der Waals surface area contributed by atoms with Gasteiger partial charge < -0.3 is 9.15 Å². The molecular formula is C18H18N2O3S2. The van der Waals surface area contributed by atoms with Gasteiger partial charge in [-0.25, -0.2) is 4.79 Å². The molecule has 0 fully saturated rings. The van der Waals surface area contributed by atoms with Crippen LogP contribution in [0.1, 0.15) is 53.1 Å². The normalized spacial score (nSPS) is 17.9. The van der Waals surface area contributed by atoms with Gasteiger partial charge in [-0.05, 0) is 49.1 Å². The Morgan fingerprint density at radius 3 is 3.08 bits per heavy atom. The van der Waals surface area contributed by atoms with Gasteiger partial charge in [0.15, 0.2) is 6.10 Å². The minimum absolute atomic E-state index is 0.310. The Labute approximate surface area is 153 Å². The summed E-state index contributed by atoms with van der Waals surface area (Å²) in [6.07, 6.45) is 2.54. The topological polar surface area (TPSA) is 65.2 Å². The number of hydrogen-bond acceptors (Lipinski definition) is 7. The summed E-state index contributed by atoms with van der Waals surface area (Å²) in [5.41, 5.74) is 1.85. The Morgan fingerprint density at radius 1 is 1.40 bits per heavy atom. The van der Waals surface area contributed by atoms with E-state index in [4.69, 9.17) is 9.15 Å². The van der Waals surface area contributed by atoms with Crippen LogP contribution >= 0.6 is 22.7 Å². The van der Waals surface area contributed by atoms with Crippen molar-refractivity contribution in [3.05, 3.63) is 44.8 Å². The predicted molar refractivity (Wildman–Crippen MR) is 96.9 cm³/mol. The van der Waals surface area contributed by atoms with Gasteiger partial charge in [-0.2, -0.15) is 0 Å². The van der Waals surface area contributed by atoms with Crippen molar-refractivity contribution in [3.63, 3.8) is 0 Å². The van der Waals surface area contributed by atoms with E-state index in [1.54, 1.807) is 18.3 Å². The third kappa shape index (κ3) is 3.26. The molecule has 0 N–H and O–H groups in total. The van der Waals surface area contributed by atoms with Crippen LogP contribution < -0.4 is 0 Å². The number of carbonyl (C=O) groups is 1. The van der Waals surface area contributed by atoms with Gasteiger partial charge in [-0.3, -0.25) is 0 Å². The van der Waals surface area contributed by atoms with Gasteiger partial charge in [0.1, 0.15) is 0 Å². The molecule has 0 aliphatic heterocycles. The molecule has 1 aliphatic carbocycles. The van der Waals surface area contributed by atoms with Crippen molar-refractivity contribution in [2.75, 3.05) is 0 Å². The number of hydrogen-bond donors (Lipinski definition) is 0. The zero-order valence-corrected chi connectivity index (χ0v) is 15.7. The van der Waals surface area contributed by atoms with Crippen LogP contribution in [0.2, 0.25) is 0 Å². The Kier molecular flexibility index (Phi) is 4.43. The molecule has 2 unspecified atom stereocenters. The van der Waals surface area contributed by atoms with Gasteiger partial charge in [0.05, 0.1) is 10.4 Å². The molecule has 0 saturated carbocycles. The SMILES string of the molecule is CC1CCc2c(C(=O)OC(C)c3nnc(-c4cccs4)o3)csc2C1. The highest BCUT2D eigenvalue weighted by Gasteiger charge is 2.26. The van der Waals surface area contributed by atoms with E-state index in [1.807, 2.05) is 22.9 Å². The summed E-state index contributed by atoms with van der Waals surface area (Å²) < 4.78 is 11.2. The smallest absolute Gasteiger partial charge is 0.340 e. The molecule has 3 aromatic heterocycles. The maximum atomic E-state index is 12.6. The van der Waals surface area contributed by atoms with E-state index in [0.717, 1.165) is 29.7 Å². The van der Waals surface area contributed by atoms with Gasteiger partial charge in [0.2, 0.25) is 0 Å². The van der Waals surface area contributed by atoms with Crippen LogP contribution in [-0.4, -0.2) is 16.2 Å². The third-order valence-corrected chi connectivity index (χ3v) is 6.33. The first-order valence-electron chi connectivity index (χ1n) is 8.29. The molecule has 25 heavy (non-hydrogen) atoms. The number of nitrogens with zero attached hydrogens (tertiary/aromatic N) is 2. The number of aromatic nitrogens is 2. The van der Waals surface area contributed by atoms with Gasteiger partial charge in [0, 0.05) is 10.3 Å². The highest BCUT2D eigenvalue weighted by molar-refractivity contribution is 7.13. The first-order chi connectivity index (χ1) is 12.1. The van der Waals surface area contributed by atoms with Crippen molar-refractivity contribution in [2.24, 2.45) is 5.92 Å². The quantitative estimate of drug-likeness (QED) is 0.608. The van der Waals surface area contributed by atoms with Crippen molar-refractivity contribution in [3.8, 4) is 10.8 Å². The van der Waals surface area contributed by atoms with E-state index < -0.39 is 6.10 Å². The molecule has 5 nitrogen and oxygen atoms in total. The second kappa shape index (κ2) is 6.72. The van der Waals surface area contributed by atoms with Crippen LogP contribution in [-0.2, 0) is 17.6 Å². The molecule has 0 spiro atoms. The lowest BCUT2D eigenvalue weighted by atomic mass is 9.88. The van der Waals surface area contributed by atoms with E-state index in [-0.39, 0.29) is 5.97 Å². The minimum Gasteiger partial charge on any atom is -0.449 e. The first kappa shape index (κ1) is 16.5. The van der Waals surface area contributed by atoms with Crippen LogP contribution in [0.25, 0.3) is 10.8 Å². The third-order valence-electron chi connectivity index (χ3n) is 4.43. The molecule has 0 bridgehead atoms. The number of thiophene rings is 2. The molecule has 130 valence electrons. The number of esters is 1. The standard InChI is InChI=1S/C18H18N2O3S2/c1-10-5-6-12-13(9-25-15(12)8-10)18(21)22-11(2)16-19-20-17(23-16)14-4-3-7-24-14/h3-4,7,9-11H,5-6,8H2,1-2H3. The second-order valence-corrected chi connectivity index (χ2v) is 8.28. The fourth-order valence-electron chi connectivity index (χ4n) is 3.02. The molecule has 1 aliphatic rings. The fourth-order valence-corrected chi connectivity index (χ4v) is 4.90. The average Bonchev–Trinajstić information content (AvgIpc) is 3.33. The molecule has 2 atom stereocenters. The lowest BCUT2D eigenvalue weighted by molar-refractivity contribution is 0.0279. The Morgan fingerprint density at radius 2 is 2.28 bits per heavy atom. The number of fused-ring (bicyclic) bond motifs is 1. The summed E-state index contributed by atoms with van der Waals surface area (Å²) >= 11 is 3.18. The van der Waals surface area contributed by atoms with Crippen molar-refractivity contribution in [1.29, 1.82) is 0 Å². The fraction of sp³-hybridized carbons (Fsp3) is 0.389. The zero-order chi connectivity index (χ0) is 17.4. The summed E-state index contributed by atoms with van der Waals surface area (Å²) in [6, 6.07) is 3.84. The van der Waals surface area contributed by atoms with Crippen LogP contribution in [0.3, 0.4) is 0 Å². The van der Waals surface area contributed by atoms with Gasteiger partial charge in [-0.1, -0.05) is 13.0 Å². The van der Waals surface area contributed by atoms with E-state index in [1.165, 1.54) is 16.2 Å². The molecule has 7 heteroatoms. The Bertz CT molecular complexity index is 882. The molecule has 3 aromatic rings. The average molecular weight is 374 g/mol. The van der Waals surface area contributed by atoms with Gasteiger partial charge in [0.25, 0.3) is 11.8 Å². The molecule has 0 saturated heterocycles. The lowest BCUT2D eigenvalue weighted by Crippen LogP contribution is -2.14. The monoisotopic (exact) mass is 374 g/mol. The predicted octanol–water partition coefficient (Wildman–Crippen LogP) is 4.90. The number of rotatable bonds is 4. The molecule has 4 rings (SSSR count). The van der Waals surface area contributed by atoms with E-state index in [9.17, 15) is 4.79 Å². The van der Waals surface area contributed by atoms with E-state index >= 15 is 0 Å². The Hall–Kier alpha value is -1.99. The molecule has 3 heterocycles. The molecule has 0 aromatic carbocycles. The lowest BCUT2D eigenvalue weighted by Gasteiger charge is -2.19. The maximum Gasteiger partial charge on any atom is 0.340 e. The summed E-state index contributed by atoms with van der Waals surface area (Å²) in [4.78, 5) is 14.8. The van der Waals surface area contributed by atoms with Crippen LogP contribution in [0, 0.1) is 5.92 Å². The van der Waals surface area contributed by atoms with Crippen molar-refractivity contribution in [1.82, 2.24) is 10.2 Å². The van der Waals surface area contributed by atoms with Crippen LogP contribution in [0.4, 0.5) is 0 Å². The van der Waals surface area contributed by atoms with Crippen molar-refractivity contribution < 1.29 is 13.9 Å². The van der Waals surface area contributed by atoms with Crippen molar-refractivity contribution >= 4 is 28.6 Å². The van der Waals surface area contributed by atoms with Gasteiger partial charge >= 0.3 is 5.97 Å². The summed E-state index contributed by atoms with van der Waals surface area (Å²) in [5, 5.41) is 11.9. The zero-order valence-electron chi connectivity index (χ0n) is 14.0. The Balaban J connectivity index is 1.48. The van der Waals surface area contributed by atoms with Crippen LogP contribution in [0.15, 0.2) is 27.3 Å². The van der Waals surface area contributed by atoms with E-state index in [2.05, 4.69) is 17.1 Å². The summed E-state index contributed by atoms with van der Waals surface area (Å²) in [7, 11) is 0. The largest absolute Gasteiger partial charge is 0.449 e. The van der Waals surface area contributed by atoms with Crippen LogP contribution in [0.5, 0.6) is 0 Å². The molecule has 0 radical (unpaired) electrons. The maximum absolute atomic E-state index is 12.6. The minimum atomic E-state index is -0.577. The number of carbonyl (C=O) groups excluding carboxylic acids is 1.